The highest BCUT2D eigenvalue weighted by Gasteiger charge is 2.31. The number of unbranched alkanes of at least 4 members (excludes halogenated alkanes) is 1. The molecule has 0 radical (unpaired) electrons. The third-order valence-corrected chi connectivity index (χ3v) is 8.73. The van der Waals surface area contributed by atoms with Crippen molar-refractivity contribution in [3.63, 3.8) is 0 Å². The maximum Gasteiger partial charge on any atom is 0.331 e. The van der Waals surface area contributed by atoms with E-state index < -0.39 is 36.5 Å². The Morgan fingerprint density at radius 1 is 1.05 bits per heavy atom. The highest BCUT2D eigenvalue weighted by Crippen LogP contribution is 2.30. The minimum absolute atomic E-state index is 0.0401. The highest BCUT2D eigenvalue weighted by molar-refractivity contribution is 5.82. The van der Waals surface area contributed by atoms with Crippen LogP contribution in [-0.2, 0) is 9.53 Å². The van der Waals surface area contributed by atoms with Crippen molar-refractivity contribution in [3.05, 3.63) is 71.7 Å². The van der Waals surface area contributed by atoms with Crippen molar-refractivity contribution in [2.45, 2.75) is 110 Å². The SMILES string of the molecule is C=C/C=C\[C@H](C)[C@@H]1OC(=O)/C=C\C=C\[C@@H](C)[C@@H](O)C[C@H](O)/C=C\[C@H](CCCCN=[N+]=[N-])[C@H](O)[C@@H](C)C[C@@H](C)CC[C@@H](O)[C@@H]1C. The molecule has 0 spiro atoms. The fourth-order valence-corrected chi connectivity index (χ4v) is 5.78. The summed E-state index contributed by atoms with van der Waals surface area (Å²) in [5, 5.41) is 47.4. The van der Waals surface area contributed by atoms with Crippen molar-refractivity contribution >= 4 is 5.97 Å². The molecule has 1 heterocycles. The number of rotatable bonds is 8. The molecule has 248 valence electrons. The van der Waals surface area contributed by atoms with Gasteiger partial charge in [-0.15, -0.1) is 0 Å². The van der Waals surface area contributed by atoms with Crippen LogP contribution in [0.2, 0.25) is 0 Å². The monoisotopic (exact) mass is 615 g/mol. The van der Waals surface area contributed by atoms with Crippen molar-refractivity contribution in [2.24, 2.45) is 40.6 Å². The Morgan fingerprint density at radius 2 is 1.77 bits per heavy atom. The minimum Gasteiger partial charge on any atom is -0.458 e. The second-order valence-corrected chi connectivity index (χ2v) is 12.7. The van der Waals surface area contributed by atoms with E-state index in [4.69, 9.17) is 10.3 Å². The Balaban J connectivity index is 3.25. The summed E-state index contributed by atoms with van der Waals surface area (Å²) in [6, 6.07) is 0. The van der Waals surface area contributed by atoms with Gasteiger partial charge in [-0.1, -0.05) is 101 Å². The maximum absolute atomic E-state index is 12.7. The Bertz CT molecular complexity index is 1000. The summed E-state index contributed by atoms with van der Waals surface area (Å²) in [6.07, 6.45) is 15.9. The Kier molecular flexibility index (Phi) is 19.6. The van der Waals surface area contributed by atoms with Crippen LogP contribution in [0, 0.1) is 35.5 Å². The van der Waals surface area contributed by atoms with Gasteiger partial charge in [0.1, 0.15) is 6.10 Å². The standard InChI is InChI=1S/C35H57N3O6/c1-7-8-13-26(4)35-28(6)31(40)20-17-24(2)22-27(5)34(43)29(15-11-12-21-37-38-36)18-19-30(39)23-32(41)25(3)14-9-10-16-33(42)44-35/h7-10,13-14,16,18-19,24-32,34-35,39-41,43H,1,11-12,15,17,20-23H2,2-6H3/b13-8-,14-9+,16-10-,19-18-/t24-,25+,26-,27-,28-,29-,30+,31+,32-,34+,35-/m0/s1. The lowest BCUT2D eigenvalue weighted by atomic mass is 9.81. The van der Waals surface area contributed by atoms with Crippen LogP contribution in [0.4, 0.5) is 0 Å². The first-order valence-electron chi connectivity index (χ1n) is 16.2. The molecule has 4 N–H and O–H groups in total. The van der Waals surface area contributed by atoms with Crippen LogP contribution in [0.15, 0.2) is 66.4 Å². The summed E-state index contributed by atoms with van der Waals surface area (Å²) in [5.41, 5.74) is 8.55. The van der Waals surface area contributed by atoms with Crippen molar-refractivity contribution in [3.8, 4) is 0 Å². The number of ether oxygens (including phenoxy) is 1. The molecule has 0 saturated heterocycles. The van der Waals surface area contributed by atoms with E-state index in [9.17, 15) is 25.2 Å². The smallest absolute Gasteiger partial charge is 0.331 e. The molecule has 9 nitrogen and oxygen atoms in total. The summed E-state index contributed by atoms with van der Waals surface area (Å²) in [7, 11) is 0. The zero-order chi connectivity index (χ0) is 33.1. The van der Waals surface area contributed by atoms with E-state index in [2.05, 4.69) is 23.5 Å². The number of esters is 1. The number of allylic oxidation sites excluding steroid dienone is 4. The molecule has 0 unspecified atom stereocenters. The minimum atomic E-state index is -0.895. The molecule has 0 aromatic carbocycles. The molecule has 0 aromatic heterocycles. The summed E-state index contributed by atoms with van der Waals surface area (Å²) in [4.78, 5) is 15.5. The highest BCUT2D eigenvalue weighted by atomic mass is 16.5. The largest absolute Gasteiger partial charge is 0.458 e. The fourth-order valence-electron chi connectivity index (χ4n) is 5.78. The molecule has 9 heteroatoms. The van der Waals surface area contributed by atoms with Crippen molar-refractivity contribution in [1.29, 1.82) is 0 Å². The van der Waals surface area contributed by atoms with E-state index in [-0.39, 0.29) is 41.9 Å². The zero-order valence-electron chi connectivity index (χ0n) is 27.4. The van der Waals surface area contributed by atoms with Gasteiger partial charge < -0.3 is 25.2 Å². The zero-order valence-corrected chi connectivity index (χ0v) is 27.4. The molecule has 0 bridgehead atoms. The van der Waals surface area contributed by atoms with Gasteiger partial charge in [0.2, 0.25) is 0 Å². The van der Waals surface area contributed by atoms with E-state index >= 15 is 0 Å². The molecule has 1 aliphatic rings. The predicted molar refractivity (Wildman–Crippen MR) is 176 cm³/mol. The number of cyclic esters (lactones) is 1. The molecule has 1 rings (SSSR count). The van der Waals surface area contributed by atoms with Crippen LogP contribution in [0.3, 0.4) is 0 Å². The number of carbonyl (C=O) groups excluding carboxylic acids is 1. The first-order valence-corrected chi connectivity index (χ1v) is 16.2. The van der Waals surface area contributed by atoms with E-state index in [0.717, 1.165) is 19.3 Å². The molecule has 0 amide bonds. The van der Waals surface area contributed by atoms with Gasteiger partial charge >= 0.3 is 5.97 Å². The second-order valence-electron chi connectivity index (χ2n) is 12.7. The van der Waals surface area contributed by atoms with Gasteiger partial charge in [0.25, 0.3) is 0 Å². The van der Waals surface area contributed by atoms with E-state index in [0.29, 0.717) is 25.8 Å². The summed E-state index contributed by atoms with van der Waals surface area (Å²) in [6.45, 7) is 13.9. The molecule has 11 atom stereocenters. The Hall–Kier alpha value is -2.68. The second kappa shape index (κ2) is 21.9. The predicted octanol–water partition coefficient (Wildman–Crippen LogP) is 6.60. The topological polar surface area (TPSA) is 156 Å². The third kappa shape index (κ3) is 15.4. The summed E-state index contributed by atoms with van der Waals surface area (Å²) in [5.74, 6) is -1.29. The molecule has 0 fully saturated rings. The normalized spacial score (nSPS) is 36.5. The van der Waals surface area contributed by atoms with Crippen LogP contribution >= 0.6 is 0 Å². The molecular formula is C35H57N3O6. The molecule has 0 aliphatic carbocycles. The van der Waals surface area contributed by atoms with E-state index in [1.54, 1.807) is 36.5 Å². The fraction of sp³-hybridized carbons (Fsp3) is 0.686. The summed E-state index contributed by atoms with van der Waals surface area (Å²) >= 11 is 0. The van der Waals surface area contributed by atoms with Crippen molar-refractivity contribution in [2.75, 3.05) is 6.54 Å². The van der Waals surface area contributed by atoms with Gasteiger partial charge in [0, 0.05) is 47.6 Å². The van der Waals surface area contributed by atoms with Gasteiger partial charge in [0.05, 0.1) is 24.4 Å². The van der Waals surface area contributed by atoms with Crippen LogP contribution < -0.4 is 0 Å². The molecule has 1 aliphatic heterocycles. The van der Waals surface area contributed by atoms with Gasteiger partial charge in [-0.2, -0.15) is 0 Å². The third-order valence-electron chi connectivity index (χ3n) is 8.73. The number of nitrogens with zero attached hydrogens (tertiary/aromatic N) is 3. The number of aliphatic hydroxyl groups is 4. The van der Waals surface area contributed by atoms with Crippen molar-refractivity contribution in [1.82, 2.24) is 0 Å². The van der Waals surface area contributed by atoms with Gasteiger partial charge in [-0.25, -0.2) is 4.79 Å². The number of azide groups is 1. The van der Waals surface area contributed by atoms with Crippen molar-refractivity contribution < 1.29 is 30.0 Å². The van der Waals surface area contributed by atoms with Crippen LogP contribution in [0.1, 0.15) is 79.6 Å². The van der Waals surface area contributed by atoms with Crippen LogP contribution in [-0.4, -0.2) is 63.5 Å². The van der Waals surface area contributed by atoms with E-state index in [1.807, 2.05) is 39.8 Å². The first kappa shape index (κ1) is 39.3. The van der Waals surface area contributed by atoms with Gasteiger partial charge in [-0.3, -0.25) is 0 Å². The lowest BCUT2D eigenvalue weighted by molar-refractivity contribution is -0.150. The maximum atomic E-state index is 12.7. The van der Waals surface area contributed by atoms with Gasteiger partial charge in [-0.05, 0) is 49.5 Å². The number of hydrogen-bond donors (Lipinski definition) is 4. The lowest BCUT2D eigenvalue weighted by Crippen LogP contribution is -2.37. The molecule has 44 heavy (non-hydrogen) atoms. The van der Waals surface area contributed by atoms with Crippen LogP contribution in [0.5, 0.6) is 0 Å². The number of aliphatic hydroxyl groups excluding tert-OH is 4. The van der Waals surface area contributed by atoms with Gasteiger partial charge in [0.15, 0.2) is 0 Å². The average Bonchev–Trinajstić information content (AvgIpc) is 2.99. The number of carbonyl (C=O) groups is 1. The van der Waals surface area contributed by atoms with E-state index in [1.165, 1.54) is 6.08 Å². The quantitative estimate of drug-likeness (QED) is 0.0458. The number of hydrogen-bond acceptors (Lipinski definition) is 7. The Morgan fingerprint density at radius 3 is 2.45 bits per heavy atom. The summed E-state index contributed by atoms with van der Waals surface area (Å²) < 4.78 is 5.84. The van der Waals surface area contributed by atoms with Crippen LogP contribution in [0.25, 0.3) is 10.4 Å². The molecule has 0 saturated carbocycles. The Labute approximate surface area is 264 Å². The lowest BCUT2D eigenvalue weighted by Gasteiger charge is -2.32. The average molecular weight is 616 g/mol. The molecular weight excluding hydrogens is 558 g/mol. The first-order chi connectivity index (χ1) is 20.9. The molecule has 0 aromatic rings.